The van der Waals surface area contributed by atoms with E-state index in [1.165, 1.54) is 31.2 Å². The van der Waals surface area contributed by atoms with Crippen molar-refractivity contribution in [1.82, 2.24) is 10.6 Å². The third kappa shape index (κ3) is 4.34. The topological polar surface area (TPSA) is 41.1 Å². The molecule has 1 aromatic carbocycles. The van der Waals surface area contributed by atoms with Gasteiger partial charge in [0, 0.05) is 18.0 Å². The summed E-state index contributed by atoms with van der Waals surface area (Å²) in [4.78, 5) is 11.9. The molecule has 1 aliphatic rings. The lowest BCUT2D eigenvalue weighted by Crippen LogP contribution is -2.42. The summed E-state index contributed by atoms with van der Waals surface area (Å²) in [5.41, 5.74) is 1.22. The van der Waals surface area contributed by atoms with Crippen molar-refractivity contribution in [3.05, 3.63) is 35.9 Å². The molecule has 1 fully saturated rings. The molecule has 1 aromatic rings. The fourth-order valence-corrected chi connectivity index (χ4v) is 2.74. The van der Waals surface area contributed by atoms with Crippen LogP contribution in [0.3, 0.4) is 0 Å². The van der Waals surface area contributed by atoms with E-state index in [0.29, 0.717) is 19.1 Å². The zero-order valence-corrected chi connectivity index (χ0v) is 12.6. The molecule has 0 aromatic heterocycles. The quantitative estimate of drug-likeness (QED) is 0.837. The van der Waals surface area contributed by atoms with Gasteiger partial charge in [-0.25, -0.2) is 0 Å². The van der Waals surface area contributed by atoms with Gasteiger partial charge in [0.15, 0.2) is 0 Å². The van der Waals surface area contributed by atoms with Gasteiger partial charge in [0.1, 0.15) is 0 Å². The molecular weight excluding hydrogens is 248 g/mol. The summed E-state index contributed by atoms with van der Waals surface area (Å²) in [5.74, 6) is 0.0981. The van der Waals surface area contributed by atoms with Crippen molar-refractivity contribution in [2.24, 2.45) is 0 Å². The van der Waals surface area contributed by atoms with Gasteiger partial charge in [0.2, 0.25) is 5.91 Å². The van der Waals surface area contributed by atoms with Crippen LogP contribution in [0.15, 0.2) is 30.3 Å². The van der Waals surface area contributed by atoms with Gasteiger partial charge < -0.3 is 10.6 Å². The molecule has 3 heteroatoms. The molecule has 0 spiro atoms. The Bertz CT molecular complexity index is 422. The molecule has 0 radical (unpaired) electrons. The van der Waals surface area contributed by atoms with E-state index in [0.717, 1.165) is 0 Å². The van der Waals surface area contributed by atoms with Crippen molar-refractivity contribution < 1.29 is 4.79 Å². The molecule has 0 bridgehead atoms. The fraction of sp³-hybridized carbons (Fsp3) is 0.588. The summed E-state index contributed by atoms with van der Waals surface area (Å²) in [5, 5.41) is 6.39. The number of benzene rings is 1. The van der Waals surface area contributed by atoms with Gasteiger partial charge in [0.25, 0.3) is 0 Å². The third-order valence-electron chi connectivity index (χ3n) is 4.19. The Labute approximate surface area is 122 Å². The van der Waals surface area contributed by atoms with Gasteiger partial charge in [-0.15, -0.1) is 0 Å². The summed E-state index contributed by atoms with van der Waals surface area (Å²) >= 11 is 0. The lowest BCUT2D eigenvalue weighted by molar-refractivity contribution is -0.120. The first-order chi connectivity index (χ1) is 9.58. The SMILES string of the molecule is CC(C)(CNC(=O)CNC1CCCC1)c1ccccc1. The molecule has 0 aliphatic heterocycles. The van der Waals surface area contributed by atoms with Crippen LogP contribution in [-0.2, 0) is 10.2 Å². The highest BCUT2D eigenvalue weighted by Crippen LogP contribution is 2.21. The van der Waals surface area contributed by atoms with Crippen LogP contribution in [0, 0.1) is 0 Å². The molecule has 1 saturated carbocycles. The van der Waals surface area contributed by atoms with E-state index in [2.05, 4.69) is 36.6 Å². The lowest BCUT2D eigenvalue weighted by atomic mass is 9.84. The summed E-state index contributed by atoms with van der Waals surface area (Å²) in [6.45, 7) is 5.43. The van der Waals surface area contributed by atoms with Gasteiger partial charge in [-0.2, -0.15) is 0 Å². The first-order valence-electron chi connectivity index (χ1n) is 7.63. The molecule has 0 unspecified atom stereocenters. The summed E-state index contributed by atoms with van der Waals surface area (Å²) < 4.78 is 0. The van der Waals surface area contributed by atoms with Gasteiger partial charge >= 0.3 is 0 Å². The molecule has 1 aliphatic carbocycles. The van der Waals surface area contributed by atoms with Crippen LogP contribution in [0.1, 0.15) is 45.1 Å². The monoisotopic (exact) mass is 274 g/mol. The average Bonchev–Trinajstić information content (AvgIpc) is 2.97. The number of hydrogen-bond acceptors (Lipinski definition) is 2. The van der Waals surface area contributed by atoms with Crippen LogP contribution in [0.4, 0.5) is 0 Å². The Hall–Kier alpha value is -1.35. The minimum atomic E-state index is -0.0374. The number of nitrogens with one attached hydrogen (secondary N) is 2. The number of carbonyl (C=O) groups is 1. The normalized spacial score (nSPS) is 16.3. The predicted molar refractivity (Wildman–Crippen MR) is 82.7 cm³/mol. The van der Waals surface area contributed by atoms with Crippen molar-refractivity contribution in [2.75, 3.05) is 13.1 Å². The van der Waals surface area contributed by atoms with E-state index in [-0.39, 0.29) is 11.3 Å². The smallest absolute Gasteiger partial charge is 0.233 e. The summed E-state index contributed by atoms with van der Waals surface area (Å²) in [7, 11) is 0. The Morgan fingerprint density at radius 1 is 1.20 bits per heavy atom. The van der Waals surface area contributed by atoms with Gasteiger partial charge in [-0.05, 0) is 18.4 Å². The number of rotatable bonds is 6. The van der Waals surface area contributed by atoms with E-state index < -0.39 is 0 Å². The van der Waals surface area contributed by atoms with Gasteiger partial charge in [0.05, 0.1) is 6.54 Å². The van der Waals surface area contributed by atoms with E-state index in [4.69, 9.17) is 0 Å². The lowest BCUT2D eigenvalue weighted by Gasteiger charge is -2.25. The van der Waals surface area contributed by atoms with E-state index >= 15 is 0 Å². The van der Waals surface area contributed by atoms with Gasteiger partial charge in [-0.1, -0.05) is 57.0 Å². The highest BCUT2D eigenvalue weighted by atomic mass is 16.1. The van der Waals surface area contributed by atoms with E-state index in [1.54, 1.807) is 0 Å². The van der Waals surface area contributed by atoms with Crippen molar-refractivity contribution in [1.29, 1.82) is 0 Å². The van der Waals surface area contributed by atoms with Crippen LogP contribution < -0.4 is 10.6 Å². The minimum absolute atomic E-state index is 0.0374. The number of hydrogen-bond donors (Lipinski definition) is 2. The molecule has 110 valence electrons. The average molecular weight is 274 g/mol. The first kappa shape index (κ1) is 15.0. The van der Waals surface area contributed by atoms with Crippen molar-refractivity contribution in [3.8, 4) is 0 Å². The van der Waals surface area contributed by atoms with Crippen LogP contribution >= 0.6 is 0 Å². The Morgan fingerprint density at radius 3 is 2.50 bits per heavy atom. The number of amides is 1. The largest absolute Gasteiger partial charge is 0.354 e. The molecule has 2 N–H and O–H groups in total. The van der Waals surface area contributed by atoms with Gasteiger partial charge in [-0.3, -0.25) is 4.79 Å². The zero-order valence-electron chi connectivity index (χ0n) is 12.6. The maximum absolute atomic E-state index is 11.9. The van der Waals surface area contributed by atoms with E-state index in [1.807, 2.05) is 18.2 Å². The second kappa shape index (κ2) is 6.89. The van der Waals surface area contributed by atoms with Crippen molar-refractivity contribution in [3.63, 3.8) is 0 Å². The van der Waals surface area contributed by atoms with Crippen molar-refractivity contribution >= 4 is 5.91 Å². The predicted octanol–water partition coefficient (Wildman–Crippen LogP) is 2.61. The third-order valence-corrected chi connectivity index (χ3v) is 4.19. The fourth-order valence-electron chi connectivity index (χ4n) is 2.74. The van der Waals surface area contributed by atoms with Crippen LogP contribution in [0.25, 0.3) is 0 Å². The molecular formula is C17H26N2O. The molecule has 2 rings (SSSR count). The molecule has 0 saturated heterocycles. The summed E-state index contributed by atoms with van der Waals surface area (Å²) in [6.07, 6.45) is 5.01. The minimum Gasteiger partial charge on any atom is -0.354 e. The molecule has 1 amide bonds. The Kier molecular flexibility index (Phi) is 5.18. The molecule has 0 heterocycles. The molecule has 20 heavy (non-hydrogen) atoms. The number of carbonyl (C=O) groups excluding carboxylic acids is 1. The first-order valence-corrected chi connectivity index (χ1v) is 7.63. The zero-order chi connectivity index (χ0) is 14.4. The molecule has 0 atom stereocenters. The van der Waals surface area contributed by atoms with Crippen LogP contribution in [0.5, 0.6) is 0 Å². The summed E-state index contributed by atoms with van der Waals surface area (Å²) in [6, 6.07) is 10.9. The standard InChI is InChI=1S/C17H26N2O/c1-17(2,14-8-4-3-5-9-14)13-19-16(20)12-18-15-10-6-7-11-15/h3-5,8-9,15,18H,6-7,10-13H2,1-2H3,(H,19,20). The molecule has 3 nitrogen and oxygen atoms in total. The second-order valence-electron chi connectivity index (χ2n) is 6.39. The van der Waals surface area contributed by atoms with Crippen LogP contribution in [0.2, 0.25) is 0 Å². The van der Waals surface area contributed by atoms with Crippen molar-refractivity contribution in [2.45, 2.75) is 51.0 Å². The van der Waals surface area contributed by atoms with E-state index in [9.17, 15) is 4.79 Å². The Balaban J connectivity index is 1.74. The Morgan fingerprint density at radius 2 is 1.85 bits per heavy atom. The highest BCUT2D eigenvalue weighted by molar-refractivity contribution is 5.78. The second-order valence-corrected chi connectivity index (χ2v) is 6.39. The van der Waals surface area contributed by atoms with Crippen LogP contribution in [-0.4, -0.2) is 25.0 Å². The highest BCUT2D eigenvalue weighted by Gasteiger charge is 2.21. The maximum Gasteiger partial charge on any atom is 0.233 e. The maximum atomic E-state index is 11.9.